The summed E-state index contributed by atoms with van der Waals surface area (Å²) in [6.07, 6.45) is 5.39. The van der Waals surface area contributed by atoms with Crippen LogP contribution in [-0.2, 0) is 0 Å². The predicted octanol–water partition coefficient (Wildman–Crippen LogP) is 4.27. The zero-order valence-electron chi connectivity index (χ0n) is 14.1. The van der Waals surface area contributed by atoms with E-state index in [2.05, 4.69) is 18.9 Å². The molecule has 0 bridgehead atoms. The number of para-hydroxylation sites is 1. The molecule has 1 aromatic carbocycles. The molecular weight excluding hydrogens is 322 g/mol. The summed E-state index contributed by atoms with van der Waals surface area (Å²) in [5.41, 5.74) is 2.48. The molecule has 1 aliphatic carbocycles. The quantitative estimate of drug-likeness (QED) is 0.831. The molecular formula is C19H22ClN3O. The SMILES string of the molecule is CC(C)c1c(C(=O)N2CCC2C2CC2)cnn1-c1ccccc1Cl. The largest absolute Gasteiger partial charge is 0.335 e. The van der Waals surface area contributed by atoms with Crippen LogP contribution in [0.15, 0.2) is 30.5 Å². The van der Waals surface area contributed by atoms with Crippen LogP contribution in [0.2, 0.25) is 5.02 Å². The maximum Gasteiger partial charge on any atom is 0.257 e. The number of aromatic nitrogens is 2. The van der Waals surface area contributed by atoms with E-state index in [0.29, 0.717) is 11.1 Å². The van der Waals surface area contributed by atoms with Crippen molar-refractivity contribution in [2.75, 3.05) is 6.54 Å². The summed E-state index contributed by atoms with van der Waals surface area (Å²) in [5, 5.41) is 5.14. The standard InChI is InChI=1S/C19H22ClN3O/c1-12(2)18-14(19(24)22-10-9-16(22)13-7-8-13)11-21-23(18)17-6-4-3-5-15(17)20/h3-6,11-13,16H,7-10H2,1-2H3. The lowest BCUT2D eigenvalue weighted by Crippen LogP contribution is -2.52. The van der Waals surface area contributed by atoms with Crippen LogP contribution in [0.1, 0.15) is 55.1 Å². The summed E-state index contributed by atoms with van der Waals surface area (Å²) in [6.45, 7) is 5.06. The number of halogens is 1. The Kier molecular flexibility index (Phi) is 3.87. The molecule has 5 heteroatoms. The zero-order valence-corrected chi connectivity index (χ0v) is 14.8. The van der Waals surface area contributed by atoms with Gasteiger partial charge in [0.05, 0.1) is 28.2 Å². The number of carbonyl (C=O) groups excluding carboxylic acids is 1. The minimum atomic E-state index is 0.125. The van der Waals surface area contributed by atoms with Gasteiger partial charge in [-0.05, 0) is 43.2 Å². The molecule has 2 heterocycles. The molecule has 1 atom stereocenters. The lowest BCUT2D eigenvalue weighted by molar-refractivity contribution is 0.0410. The number of hydrogen-bond acceptors (Lipinski definition) is 2. The molecule has 24 heavy (non-hydrogen) atoms. The summed E-state index contributed by atoms with van der Waals surface area (Å²) in [5.74, 6) is 1.03. The van der Waals surface area contributed by atoms with Crippen LogP contribution < -0.4 is 0 Å². The number of benzene rings is 1. The van der Waals surface area contributed by atoms with Crippen molar-refractivity contribution in [2.45, 2.75) is 45.1 Å². The van der Waals surface area contributed by atoms with Crippen LogP contribution in [0.25, 0.3) is 5.69 Å². The molecule has 2 aliphatic rings. The zero-order chi connectivity index (χ0) is 16.8. The van der Waals surface area contributed by atoms with E-state index < -0.39 is 0 Å². The van der Waals surface area contributed by atoms with Crippen molar-refractivity contribution in [1.29, 1.82) is 0 Å². The van der Waals surface area contributed by atoms with Crippen molar-refractivity contribution in [2.24, 2.45) is 5.92 Å². The molecule has 1 amide bonds. The van der Waals surface area contributed by atoms with Crippen LogP contribution >= 0.6 is 11.6 Å². The van der Waals surface area contributed by atoms with Crippen LogP contribution in [0, 0.1) is 5.92 Å². The van der Waals surface area contributed by atoms with Crippen LogP contribution in [0.4, 0.5) is 0 Å². The maximum absolute atomic E-state index is 13.1. The van der Waals surface area contributed by atoms with Gasteiger partial charge < -0.3 is 4.90 Å². The van der Waals surface area contributed by atoms with Gasteiger partial charge in [-0.25, -0.2) is 4.68 Å². The monoisotopic (exact) mass is 343 g/mol. The highest BCUT2D eigenvalue weighted by molar-refractivity contribution is 6.32. The van der Waals surface area contributed by atoms with Crippen molar-refractivity contribution in [3.63, 3.8) is 0 Å². The molecule has 1 saturated carbocycles. The number of amides is 1. The fourth-order valence-electron chi connectivity index (χ4n) is 3.68. The third-order valence-electron chi connectivity index (χ3n) is 5.16. The Hall–Kier alpha value is -1.81. The van der Waals surface area contributed by atoms with Gasteiger partial charge in [-0.1, -0.05) is 37.6 Å². The Morgan fingerprint density at radius 1 is 1.25 bits per heavy atom. The Balaban J connectivity index is 1.71. The third kappa shape index (κ3) is 2.53. The average molecular weight is 344 g/mol. The van der Waals surface area contributed by atoms with Gasteiger partial charge in [0, 0.05) is 12.6 Å². The minimum absolute atomic E-state index is 0.125. The molecule has 1 aromatic heterocycles. The molecule has 0 N–H and O–H groups in total. The van der Waals surface area contributed by atoms with Crippen molar-refractivity contribution < 1.29 is 4.79 Å². The Morgan fingerprint density at radius 3 is 2.58 bits per heavy atom. The molecule has 0 spiro atoms. The first-order valence-electron chi connectivity index (χ1n) is 8.71. The fourth-order valence-corrected chi connectivity index (χ4v) is 3.89. The summed E-state index contributed by atoms with van der Waals surface area (Å²) in [6, 6.07) is 8.07. The number of rotatable bonds is 4. The fraction of sp³-hybridized carbons (Fsp3) is 0.474. The second kappa shape index (κ2) is 5.92. The topological polar surface area (TPSA) is 38.1 Å². The predicted molar refractivity (Wildman–Crippen MR) is 94.8 cm³/mol. The molecule has 1 aliphatic heterocycles. The molecule has 1 saturated heterocycles. The Morgan fingerprint density at radius 2 is 2.00 bits per heavy atom. The maximum atomic E-state index is 13.1. The number of nitrogens with zero attached hydrogens (tertiary/aromatic N) is 3. The van der Waals surface area contributed by atoms with Gasteiger partial charge in [0.1, 0.15) is 0 Å². The van der Waals surface area contributed by atoms with Gasteiger partial charge in [-0.15, -0.1) is 0 Å². The molecule has 126 valence electrons. The first-order valence-corrected chi connectivity index (χ1v) is 9.09. The minimum Gasteiger partial charge on any atom is -0.335 e. The molecule has 1 unspecified atom stereocenters. The van der Waals surface area contributed by atoms with Gasteiger partial charge in [0.25, 0.3) is 5.91 Å². The van der Waals surface area contributed by atoms with Crippen molar-refractivity contribution >= 4 is 17.5 Å². The van der Waals surface area contributed by atoms with Crippen molar-refractivity contribution in [3.05, 3.63) is 46.7 Å². The van der Waals surface area contributed by atoms with Gasteiger partial charge in [-0.2, -0.15) is 5.10 Å². The lowest BCUT2D eigenvalue weighted by atomic mass is 9.95. The number of hydrogen-bond donors (Lipinski definition) is 0. The smallest absolute Gasteiger partial charge is 0.257 e. The first-order chi connectivity index (χ1) is 11.6. The molecule has 4 nitrogen and oxygen atoms in total. The van der Waals surface area contributed by atoms with Gasteiger partial charge >= 0.3 is 0 Å². The normalized spacial score (nSPS) is 20.3. The second-order valence-electron chi connectivity index (χ2n) is 7.15. The highest BCUT2D eigenvalue weighted by Crippen LogP contribution is 2.42. The third-order valence-corrected chi connectivity index (χ3v) is 5.48. The highest BCUT2D eigenvalue weighted by Gasteiger charge is 2.43. The molecule has 0 radical (unpaired) electrons. The van der Waals surface area contributed by atoms with E-state index in [1.807, 2.05) is 33.8 Å². The summed E-state index contributed by atoms with van der Waals surface area (Å²) < 4.78 is 1.83. The van der Waals surface area contributed by atoms with Crippen LogP contribution in [0.5, 0.6) is 0 Å². The summed E-state index contributed by atoms with van der Waals surface area (Å²) in [4.78, 5) is 15.1. The highest BCUT2D eigenvalue weighted by atomic mass is 35.5. The average Bonchev–Trinajstić information content (AvgIpc) is 3.22. The van der Waals surface area contributed by atoms with E-state index in [4.69, 9.17) is 11.6 Å². The molecule has 2 aromatic rings. The van der Waals surface area contributed by atoms with E-state index in [9.17, 15) is 4.79 Å². The van der Waals surface area contributed by atoms with Gasteiger partial charge in [0.2, 0.25) is 0 Å². The van der Waals surface area contributed by atoms with Gasteiger partial charge in [0.15, 0.2) is 0 Å². The van der Waals surface area contributed by atoms with Gasteiger partial charge in [-0.3, -0.25) is 4.79 Å². The van der Waals surface area contributed by atoms with E-state index in [1.54, 1.807) is 6.20 Å². The van der Waals surface area contributed by atoms with Crippen LogP contribution in [-0.4, -0.2) is 33.2 Å². The van der Waals surface area contributed by atoms with E-state index in [1.165, 1.54) is 12.8 Å². The Bertz CT molecular complexity index is 779. The molecule has 2 fully saturated rings. The first kappa shape index (κ1) is 15.7. The molecule has 4 rings (SSSR count). The van der Waals surface area contributed by atoms with E-state index >= 15 is 0 Å². The number of likely N-dealkylation sites (tertiary alicyclic amines) is 1. The van der Waals surface area contributed by atoms with Crippen molar-refractivity contribution in [1.82, 2.24) is 14.7 Å². The lowest BCUT2D eigenvalue weighted by Gasteiger charge is -2.41. The summed E-state index contributed by atoms with van der Waals surface area (Å²) >= 11 is 6.34. The van der Waals surface area contributed by atoms with E-state index in [-0.39, 0.29) is 11.8 Å². The van der Waals surface area contributed by atoms with E-state index in [0.717, 1.165) is 35.8 Å². The second-order valence-corrected chi connectivity index (χ2v) is 7.56. The van der Waals surface area contributed by atoms with Crippen LogP contribution in [0.3, 0.4) is 0 Å². The summed E-state index contributed by atoms with van der Waals surface area (Å²) in [7, 11) is 0. The number of carbonyl (C=O) groups is 1. The Labute approximate surface area is 147 Å². The van der Waals surface area contributed by atoms with Crippen molar-refractivity contribution in [3.8, 4) is 5.69 Å².